The third kappa shape index (κ3) is 2.97. The van der Waals surface area contributed by atoms with Gasteiger partial charge in [0.2, 0.25) is 5.78 Å². The molecule has 2 aromatic carbocycles. The first-order valence-electron chi connectivity index (χ1n) is 7.03. The topological polar surface area (TPSA) is 77.8 Å². The number of carbonyl (C=O) groups is 1. The Balaban J connectivity index is 2.74. The van der Waals surface area contributed by atoms with Crippen molar-refractivity contribution in [3.8, 4) is 29.1 Å². The molecule has 0 bridgehead atoms. The van der Waals surface area contributed by atoms with Crippen LogP contribution >= 0.6 is 0 Å². The number of rotatable bonds is 6. The van der Waals surface area contributed by atoms with Crippen LogP contribution in [0.15, 0.2) is 30.3 Å². The van der Waals surface area contributed by atoms with Crippen LogP contribution in [0.4, 0.5) is 0 Å². The molecule has 0 saturated carbocycles. The molecule has 6 heteroatoms. The average molecular weight is 327 g/mol. The third-order valence-electron chi connectivity index (χ3n) is 3.54. The summed E-state index contributed by atoms with van der Waals surface area (Å²) < 4.78 is 21.1. The van der Waals surface area contributed by atoms with Crippen molar-refractivity contribution < 1.29 is 23.7 Å². The molecule has 0 unspecified atom stereocenters. The van der Waals surface area contributed by atoms with Gasteiger partial charge < -0.3 is 18.9 Å². The molecule has 2 rings (SSSR count). The number of nitrogens with zero attached hydrogens (tertiary/aromatic N) is 1. The van der Waals surface area contributed by atoms with E-state index in [-0.39, 0.29) is 28.2 Å². The van der Waals surface area contributed by atoms with Gasteiger partial charge in [-0.1, -0.05) is 6.07 Å². The first kappa shape index (κ1) is 17.2. The zero-order valence-corrected chi connectivity index (χ0v) is 13.9. The molecule has 0 N–H and O–H groups in total. The number of hydrogen-bond acceptors (Lipinski definition) is 6. The maximum Gasteiger partial charge on any atom is 0.205 e. The first-order valence-corrected chi connectivity index (χ1v) is 7.03. The molecule has 0 saturated heterocycles. The van der Waals surface area contributed by atoms with Gasteiger partial charge in [0, 0.05) is 12.1 Å². The summed E-state index contributed by atoms with van der Waals surface area (Å²) in [5, 5.41) is 9.33. The number of ketones is 1. The summed E-state index contributed by atoms with van der Waals surface area (Å²) in [6.45, 7) is 0. The van der Waals surface area contributed by atoms with E-state index in [0.29, 0.717) is 11.5 Å². The van der Waals surface area contributed by atoms with Crippen LogP contribution in [0.2, 0.25) is 0 Å². The molecular formula is C18H17NO5. The Morgan fingerprint density at radius 2 is 1.46 bits per heavy atom. The van der Waals surface area contributed by atoms with Gasteiger partial charge in [0.25, 0.3) is 0 Å². The number of hydrogen-bond donors (Lipinski definition) is 0. The summed E-state index contributed by atoms with van der Waals surface area (Å²) in [5.41, 5.74) is 0.561. The van der Waals surface area contributed by atoms with Gasteiger partial charge in [-0.3, -0.25) is 4.79 Å². The van der Waals surface area contributed by atoms with Crippen molar-refractivity contribution in [2.45, 2.75) is 0 Å². The number of nitriles is 1. The summed E-state index contributed by atoms with van der Waals surface area (Å²) in [5.74, 6) is 0.928. The molecule has 0 spiro atoms. The van der Waals surface area contributed by atoms with E-state index in [9.17, 15) is 10.1 Å². The predicted octanol–water partition coefficient (Wildman–Crippen LogP) is 2.82. The Bertz CT molecular complexity index is 783. The lowest BCUT2D eigenvalue weighted by Crippen LogP contribution is -2.10. The summed E-state index contributed by atoms with van der Waals surface area (Å²) in [7, 11) is 5.83. The van der Waals surface area contributed by atoms with E-state index in [1.165, 1.54) is 28.4 Å². The fourth-order valence-electron chi connectivity index (χ4n) is 2.38. The second-order valence-electron chi connectivity index (χ2n) is 4.73. The van der Waals surface area contributed by atoms with Gasteiger partial charge in [0.05, 0.1) is 39.6 Å². The lowest BCUT2D eigenvalue weighted by molar-refractivity contribution is 0.103. The van der Waals surface area contributed by atoms with E-state index >= 15 is 0 Å². The van der Waals surface area contributed by atoms with E-state index in [1.54, 1.807) is 30.3 Å². The Labute approximate surface area is 140 Å². The van der Waals surface area contributed by atoms with Crippen molar-refractivity contribution in [2.24, 2.45) is 0 Å². The largest absolute Gasteiger partial charge is 0.496 e. The summed E-state index contributed by atoms with van der Waals surface area (Å²) in [4.78, 5) is 13.1. The van der Waals surface area contributed by atoms with Crippen LogP contribution in [0.25, 0.3) is 0 Å². The number of benzene rings is 2. The summed E-state index contributed by atoms with van der Waals surface area (Å²) in [6.07, 6.45) is 0. The molecule has 0 aliphatic heterocycles. The van der Waals surface area contributed by atoms with E-state index < -0.39 is 5.78 Å². The maximum absolute atomic E-state index is 13.1. The average Bonchev–Trinajstić information content (AvgIpc) is 2.65. The van der Waals surface area contributed by atoms with Crippen LogP contribution in [0.1, 0.15) is 21.5 Å². The fraction of sp³-hybridized carbons (Fsp3) is 0.222. The molecule has 0 aliphatic rings. The maximum atomic E-state index is 13.1. The monoisotopic (exact) mass is 327 g/mol. The van der Waals surface area contributed by atoms with Crippen molar-refractivity contribution in [2.75, 3.05) is 28.4 Å². The van der Waals surface area contributed by atoms with Crippen molar-refractivity contribution >= 4 is 5.78 Å². The van der Waals surface area contributed by atoms with Crippen LogP contribution in [-0.2, 0) is 0 Å². The zero-order chi connectivity index (χ0) is 17.7. The molecule has 6 nitrogen and oxygen atoms in total. The molecular weight excluding hydrogens is 310 g/mol. The highest BCUT2D eigenvalue weighted by atomic mass is 16.5. The van der Waals surface area contributed by atoms with Crippen LogP contribution in [0.3, 0.4) is 0 Å². The summed E-state index contributed by atoms with van der Waals surface area (Å²) >= 11 is 0. The lowest BCUT2D eigenvalue weighted by Gasteiger charge is -2.16. The number of ether oxygens (including phenoxy) is 4. The SMILES string of the molecule is COc1cc(OC)c(C(=O)c2c(C#N)cccc2OC)c(OC)c1. The van der Waals surface area contributed by atoms with Crippen molar-refractivity contribution in [1.82, 2.24) is 0 Å². The molecule has 0 radical (unpaired) electrons. The van der Waals surface area contributed by atoms with Gasteiger partial charge in [-0.15, -0.1) is 0 Å². The second kappa shape index (κ2) is 7.38. The van der Waals surface area contributed by atoms with Crippen LogP contribution < -0.4 is 18.9 Å². The lowest BCUT2D eigenvalue weighted by atomic mass is 9.96. The minimum atomic E-state index is -0.430. The third-order valence-corrected chi connectivity index (χ3v) is 3.54. The summed E-state index contributed by atoms with van der Waals surface area (Å²) in [6, 6.07) is 10.00. The number of methoxy groups -OCH3 is 4. The molecule has 124 valence electrons. The minimum Gasteiger partial charge on any atom is -0.496 e. The molecule has 0 fully saturated rings. The highest BCUT2D eigenvalue weighted by Crippen LogP contribution is 2.37. The molecule has 0 aromatic heterocycles. The van der Waals surface area contributed by atoms with Gasteiger partial charge in [-0.2, -0.15) is 5.26 Å². The Kier molecular flexibility index (Phi) is 5.27. The Hall–Kier alpha value is -3.20. The highest BCUT2D eigenvalue weighted by molar-refractivity contribution is 6.15. The first-order chi connectivity index (χ1) is 11.6. The zero-order valence-electron chi connectivity index (χ0n) is 13.9. The number of carbonyl (C=O) groups excluding carboxylic acids is 1. The smallest absolute Gasteiger partial charge is 0.205 e. The molecule has 0 heterocycles. The second-order valence-corrected chi connectivity index (χ2v) is 4.73. The minimum absolute atomic E-state index is 0.157. The molecule has 0 amide bonds. The fourth-order valence-corrected chi connectivity index (χ4v) is 2.38. The van der Waals surface area contributed by atoms with Gasteiger partial charge in [0.1, 0.15) is 34.6 Å². The molecule has 2 aromatic rings. The van der Waals surface area contributed by atoms with Crippen molar-refractivity contribution in [3.63, 3.8) is 0 Å². The van der Waals surface area contributed by atoms with E-state index in [4.69, 9.17) is 18.9 Å². The van der Waals surface area contributed by atoms with Gasteiger partial charge in [-0.05, 0) is 12.1 Å². The highest BCUT2D eigenvalue weighted by Gasteiger charge is 2.26. The van der Waals surface area contributed by atoms with E-state index in [0.717, 1.165) is 0 Å². The van der Waals surface area contributed by atoms with Crippen molar-refractivity contribution in [3.05, 3.63) is 47.0 Å². The van der Waals surface area contributed by atoms with Crippen molar-refractivity contribution in [1.29, 1.82) is 5.26 Å². The van der Waals surface area contributed by atoms with Gasteiger partial charge in [0.15, 0.2) is 0 Å². The predicted molar refractivity (Wildman–Crippen MR) is 87.2 cm³/mol. The van der Waals surface area contributed by atoms with Crippen LogP contribution in [0, 0.1) is 11.3 Å². The van der Waals surface area contributed by atoms with E-state index in [1.807, 2.05) is 6.07 Å². The Morgan fingerprint density at radius 3 is 1.92 bits per heavy atom. The normalized spacial score (nSPS) is 9.79. The van der Waals surface area contributed by atoms with E-state index in [2.05, 4.69) is 0 Å². The van der Waals surface area contributed by atoms with Crippen LogP contribution in [0.5, 0.6) is 23.0 Å². The quantitative estimate of drug-likeness (QED) is 0.759. The molecule has 0 atom stereocenters. The molecule has 24 heavy (non-hydrogen) atoms. The Morgan fingerprint density at radius 1 is 0.875 bits per heavy atom. The van der Waals surface area contributed by atoms with Gasteiger partial charge >= 0.3 is 0 Å². The standard InChI is InChI=1S/C18H17NO5/c1-21-12-8-14(23-3)17(15(9-12)24-4)18(20)16-11(10-19)6-5-7-13(16)22-2/h5-9H,1-4H3. The van der Waals surface area contributed by atoms with Crippen LogP contribution in [-0.4, -0.2) is 34.2 Å². The van der Waals surface area contributed by atoms with Gasteiger partial charge in [-0.25, -0.2) is 0 Å². The molecule has 0 aliphatic carbocycles.